The van der Waals surface area contributed by atoms with Crippen molar-refractivity contribution in [2.75, 3.05) is 11.9 Å². The summed E-state index contributed by atoms with van der Waals surface area (Å²) in [5, 5.41) is 11.9. The van der Waals surface area contributed by atoms with Gasteiger partial charge in [0.05, 0.1) is 19.3 Å². The van der Waals surface area contributed by atoms with E-state index < -0.39 is 6.04 Å². The Morgan fingerprint density at radius 3 is 2.95 bits per heavy atom. The van der Waals surface area contributed by atoms with Crippen LogP contribution in [0.2, 0.25) is 0 Å². The maximum absolute atomic E-state index is 11.7. The van der Waals surface area contributed by atoms with Crippen molar-refractivity contribution in [2.24, 2.45) is 5.73 Å². The van der Waals surface area contributed by atoms with E-state index in [1.54, 1.807) is 18.2 Å². The molecule has 5 heteroatoms. The van der Waals surface area contributed by atoms with Crippen molar-refractivity contribution in [3.05, 3.63) is 23.8 Å². The highest BCUT2D eigenvalue weighted by Crippen LogP contribution is 2.23. The monoisotopic (exact) mass is 262 g/mol. The molecule has 19 heavy (non-hydrogen) atoms. The van der Waals surface area contributed by atoms with E-state index in [-0.39, 0.29) is 18.9 Å². The predicted molar refractivity (Wildman–Crippen MR) is 73.6 cm³/mol. The smallest absolute Gasteiger partial charge is 0.242 e. The van der Waals surface area contributed by atoms with Gasteiger partial charge in [-0.05, 0) is 25.1 Å². The summed E-state index contributed by atoms with van der Waals surface area (Å²) in [6.45, 7) is 2.19. The van der Waals surface area contributed by atoms with Crippen LogP contribution in [0.4, 0.5) is 5.69 Å². The van der Waals surface area contributed by atoms with Crippen molar-refractivity contribution in [1.29, 1.82) is 0 Å². The molecule has 0 aromatic heterocycles. The Labute approximate surface area is 112 Å². The minimum absolute atomic E-state index is 0.171. The van der Waals surface area contributed by atoms with Crippen LogP contribution in [0.15, 0.2) is 18.2 Å². The molecule has 1 aromatic rings. The van der Waals surface area contributed by atoms with Crippen LogP contribution in [0.5, 0.6) is 5.75 Å². The van der Waals surface area contributed by atoms with Crippen LogP contribution in [0, 0.1) is 12.3 Å². The fraction of sp³-hybridized carbons (Fsp3) is 0.357. The van der Waals surface area contributed by atoms with Crippen LogP contribution >= 0.6 is 0 Å². The zero-order chi connectivity index (χ0) is 14.3. The van der Waals surface area contributed by atoms with E-state index >= 15 is 0 Å². The maximum atomic E-state index is 11.7. The standard InChI is InChI=1S/C14H18N2O3/c1-3-5-12(15)14(18)16-11-6-7-13(19-4-2)10(8-11)9-17/h1,6-8,12,17H,4-5,9,15H2,2H3,(H,16,18). The lowest BCUT2D eigenvalue weighted by atomic mass is 10.1. The maximum Gasteiger partial charge on any atom is 0.242 e. The largest absolute Gasteiger partial charge is 0.494 e. The summed E-state index contributed by atoms with van der Waals surface area (Å²) in [6.07, 6.45) is 5.28. The topological polar surface area (TPSA) is 84.6 Å². The third-order valence-electron chi connectivity index (χ3n) is 2.47. The zero-order valence-corrected chi connectivity index (χ0v) is 10.8. The molecule has 0 heterocycles. The number of aliphatic hydroxyl groups is 1. The molecule has 1 unspecified atom stereocenters. The molecule has 1 amide bonds. The molecule has 1 atom stereocenters. The molecule has 0 fully saturated rings. The van der Waals surface area contributed by atoms with E-state index in [9.17, 15) is 9.90 Å². The van der Waals surface area contributed by atoms with Gasteiger partial charge >= 0.3 is 0 Å². The van der Waals surface area contributed by atoms with E-state index in [1.807, 2.05) is 6.92 Å². The number of hydrogen-bond acceptors (Lipinski definition) is 4. The van der Waals surface area contributed by atoms with E-state index in [0.29, 0.717) is 23.6 Å². The molecular weight excluding hydrogens is 244 g/mol. The molecule has 0 aliphatic rings. The van der Waals surface area contributed by atoms with Gasteiger partial charge in [0.2, 0.25) is 5.91 Å². The second-order valence-corrected chi connectivity index (χ2v) is 3.92. The van der Waals surface area contributed by atoms with E-state index in [2.05, 4.69) is 11.2 Å². The number of amides is 1. The highest BCUT2D eigenvalue weighted by molar-refractivity contribution is 5.95. The Hall–Kier alpha value is -2.03. The summed E-state index contributed by atoms with van der Waals surface area (Å²) in [7, 11) is 0. The van der Waals surface area contributed by atoms with E-state index in [1.165, 1.54) is 0 Å². The SMILES string of the molecule is C#CCC(N)C(=O)Nc1ccc(OCC)c(CO)c1. The van der Waals surface area contributed by atoms with Crippen LogP contribution in [0.25, 0.3) is 0 Å². The number of aliphatic hydroxyl groups excluding tert-OH is 1. The second kappa shape index (κ2) is 7.41. The number of nitrogens with one attached hydrogen (secondary N) is 1. The van der Waals surface area contributed by atoms with Crippen molar-refractivity contribution in [2.45, 2.75) is 26.0 Å². The molecule has 0 spiro atoms. The van der Waals surface area contributed by atoms with Crippen LogP contribution < -0.4 is 15.8 Å². The molecule has 102 valence electrons. The summed E-state index contributed by atoms with van der Waals surface area (Å²) in [6, 6.07) is 4.28. The number of nitrogens with two attached hydrogens (primary N) is 1. The quantitative estimate of drug-likeness (QED) is 0.664. The second-order valence-electron chi connectivity index (χ2n) is 3.92. The molecular formula is C14H18N2O3. The first-order valence-corrected chi connectivity index (χ1v) is 5.98. The van der Waals surface area contributed by atoms with Gasteiger partial charge in [-0.15, -0.1) is 12.3 Å². The Kier molecular flexibility index (Phi) is 5.86. The number of benzene rings is 1. The fourth-order valence-electron chi connectivity index (χ4n) is 1.53. The third kappa shape index (κ3) is 4.28. The predicted octanol–water partition coefficient (Wildman–Crippen LogP) is 0.867. The van der Waals surface area contributed by atoms with Gasteiger partial charge in [-0.1, -0.05) is 0 Å². The van der Waals surface area contributed by atoms with Gasteiger partial charge in [-0.25, -0.2) is 0 Å². The van der Waals surface area contributed by atoms with E-state index in [4.69, 9.17) is 16.9 Å². The summed E-state index contributed by atoms with van der Waals surface area (Å²) in [5.41, 5.74) is 6.74. The summed E-state index contributed by atoms with van der Waals surface area (Å²) in [4.78, 5) is 11.7. The van der Waals surface area contributed by atoms with Crippen LogP contribution in [0.1, 0.15) is 18.9 Å². The minimum Gasteiger partial charge on any atom is -0.494 e. The number of rotatable bonds is 6. The van der Waals surface area contributed by atoms with Gasteiger partial charge in [0.1, 0.15) is 5.75 Å². The first-order chi connectivity index (χ1) is 9.12. The molecule has 0 saturated carbocycles. The molecule has 1 aromatic carbocycles. The number of ether oxygens (including phenoxy) is 1. The van der Waals surface area contributed by atoms with Gasteiger partial charge in [0.15, 0.2) is 0 Å². The lowest BCUT2D eigenvalue weighted by Crippen LogP contribution is -2.35. The summed E-state index contributed by atoms with van der Waals surface area (Å²) in [5.74, 6) is 2.57. The van der Waals surface area contributed by atoms with Gasteiger partial charge < -0.3 is 20.9 Å². The number of terminal acetylenes is 1. The zero-order valence-electron chi connectivity index (χ0n) is 10.8. The first kappa shape index (κ1) is 15.0. The Morgan fingerprint density at radius 2 is 2.37 bits per heavy atom. The van der Waals surface area contributed by atoms with Gasteiger partial charge in [-0.3, -0.25) is 4.79 Å². The molecule has 0 aliphatic heterocycles. The number of carbonyl (C=O) groups is 1. The molecule has 4 N–H and O–H groups in total. The van der Waals surface area contributed by atoms with Crippen LogP contribution in [-0.4, -0.2) is 23.7 Å². The Morgan fingerprint density at radius 1 is 1.63 bits per heavy atom. The van der Waals surface area contributed by atoms with Gasteiger partial charge in [0, 0.05) is 17.7 Å². The van der Waals surface area contributed by atoms with E-state index in [0.717, 1.165) is 0 Å². The Bertz CT molecular complexity index is 480. The highest BCUT2D eigenvalue weighted by Gasteiger charge is 2.13. The summed E-state index contributed by atoms with van der Waals surface area (Å²) >= 11 is 0. The number of anilines is 1. The molecule has 0 radical (unpaired) electrons. The molecule has 1 rings (SSSR count). The molecule has 0 saturated heterocycles. The highest BCUT2D eigenvalue weighted by atomic mass is 16.5. The molecule has 0 aliphatic carbocycles. The lowest BCUT2D eigenvalue weighted by Gasteiger charge is -2.13. The molecule has 5 nitrogen and oxygen atoms in total. The number of hydrogen-bond donors (Lipinski definition) is 3. The Balaban J connectivity index is 2.80. The first-order valence-electron chi connectivity index (χ1n) is 5.98. The molecule has 0 bridgehead atoms. The van der Waals surface area contributed by atoms with Crippen molar-refractivity contribution < 1.29 is 14.6 Å². The fourth-order valence-corrected chi connectivity index (χ4v) is 1.53. The number of carbonyl (C=O) groups excluding carboxylic acids is 1. The average molecular weight is 262 g/mol. The van der Waals surface area contributed by atoms with Crippen LogP contribution in [0.3, 0.4) is 0 Å². The van der Waals surface area contributed by atoms with Gasteiger partial charge in [0.25, 0.3) is 0 Å². The minimum atomic E-state index is -0.742. The van der Waals surface area contributed by atoms with Crippen LogP contribution in [-0.2, 0) is 11.4 Å². The third-order valence-corrected chi connectivity index (χ3v) is 2.47. The van der Waals surface area contributed by atoms with Crippen molar-refractivity contribution >= 4 is 11.6 Å². The lowest BCUT2D eigenvalue weighted by molar-refractivity contribution is -0.117. The average Bonchev–Trinajstić information content (AvgIpc) is 2.41. The summed E-state index contributed by atoms with van der Waals surface area (Å²) < 4.78 is 5.35. The van der Waals surface area contributed by atoms with Crippen molar-refractivity contribution in [3.8, 4) is 18.1 Å². The van der Waals surface area contributed by atoms with Crippen molar-refractivity contribution in [3.63, 3.8) is 0 Å². The van der Waals surface area contributed by atoms with Crippen molar-refractivity contribution in [1.82, 2.24) is 0 Å². The van der Waals surface area contributed by atoms with Gasteiger partial charge in [-0.2, -0.15) is 0 Å². The normalized spacial score (nSPS) is 11.5.